The molecule has 1 aliphatic heterocycles. The van der Waals surface area contributed by atoms with Crippen LogP contribution in [0.15, 0.2) is 18.2 Å². The normalized spacial score (nSPS) is 23.1. The zero-order valence-electron chi connectivity index (χ0n) is 8.79. The van der Waals surface area contributed by atoms with Crippen LogP contribution in [0, 0.1) is 11.7 Å². The molecule has 0 aromatic heterocycles. The Morgan fingerprint density at radius 2 is 2.25 bits per heavy atom. The first-order chi connectivity index (χ1) is 7.74. The van der Waals surface area contributed by atoms with Gasteiger partial charge >= 0.3 is 0 Å². The summed E-state index contributed by atoms with van der Waals surface area (Å²) in [6.07, 6.45) is 2.47. The molecule has 3 nitrogen and oxygen atoms in total. The van der Waals surface area contributed by atoms with Crippen molar-refractivity contribution in [3.8, 4) is 0 Å². The number of halogens is 1. The third kappa shape index (κ3) is 1.69. The molecule has 0 spiro atoms. The Kier molecular flexibility index (Phi) is 2.17. The highest BCUT2D eigenvalue weighted by molar-refractivity contribution is 6.02. The van der Waals surface area contributed by atoms with Crippen LogP contribution in [0.3, 0.4) is 0 Å². The minimum Gasteiger partial charge on any atom is -0.324 e. The molecule has 16 heavy (non-hydrogen) atoms. The van der Waals surface area contributed by atoms with Crippen LogP contribution in [0.4, 0.5) is 10.1 Å². The van der Waals surface area contributed by atoms with Crippen molar-refractivity contribution >= 4 is 11.6 Å². The van der Waals surface area contributed by atoms with Gasteiger partial charge in [-0.3, -0.25) is 4.79 Å². The summed E-state index contributed by atoms with van der Waals surface area (Å²) in [7, 11) is 0. The predicted octanol–water partition coefficient (Wildman–Crippen LogP) is 1.82. The Labute approximate surface area is 93.0 Å². The fourth-order valence-electron chi connectivity index (χ4n) is 2.04. The lowest BCUT2D eigenvalue weighted by Gasteiger charge is -2.10. The van der Waals surface area contributed by atoms with Gasteiger partial charge in [0.15, 0.2) is 0 Å². The lowest BCUT2D eigenvalue weighted by Crippen LogP contribution is -2.29. The SMILES string of the molecule is O=C1Nc2ccc(F)cc2C1NCC1CC1. The summed E-state index contributed by atoms with van der Waals surface area (Å²) in [6.45, 7) is 0.841. The predicted molar refractivity (Wildman–Crippen MR) is 58.5 cm³/mol. The Morgan fingerprint density at radius 1 is 1.44 bits per heavy atom. The van der Waals surface area contributed by atoms with Crippen molar-refractivity contribution < 1.29 is 9.18 Å². The highest BCUT2D eigenvalue weighted by Crippen LogP contribution is 2.33. The quantitative estimate of drug-likeness (QED) is 0.815. The zero-order chi connectivity index (χ0) is 11.1. The molecule has 1 atom stereocenters. The number of carbonyl (C=O) groups excluding carboxylic acids is 1. The second-order valence-electron chi connectivity index (χ2n) is 4.51. The number of carbonyl (C=O) groups is 1. The van der Waals surface area contributed by atoms with E-state index in [4.69, 9.17) is 0 Å². The molecule has 0 saturated heterocycles. The van der Waals surface area contributed by atoms with Crippen molar-refractivity contribution in [1.29, 1.82) is 0 Å². The van der Waals surface area contributed by atoms with Crippen molar-refractivity contribution in [2.24, 2.45) is 5.92 Å². The lowest BCUT2D eigenvalue weighted by atomic mass is 10.1. The van der Waals surface area contributed by atoms with Crippen molar-refractivity contribution in [2.45, 2.75) is 18.9 Å². The molecule has 1 saturated carbocycles. The summed E-state index contributed by atoms with van der Waals surface area (Å²) in [6, 6.07) is 4.02. The third-order valence-electron chi connectivity index (χ3n) is 3.15. The minimum atomic E-state index is -0.383. The Hall–Kier alpha value is -1.42. The molecular weight excluding hydrogens is 207 g/mol. The lowest BCUT2D eigenvalue weighted by molar-refractivity contribution is -0.117. The van der Waals surface area contributed by atoms with E-state index in [1.807, 2.05) is 0 Å². The molecule has 84 valence electrons. The van der Waals surface area contributed by atoms with E-state index in [0.29, 0.717) is 5.92 Å². The Bertz CT molecular complexity index is 443. The zero-order valence-corrected chi connectivity index (χ0v) is 8.79. The first kappa shape index (κ1) is 9.78. The van der Waals surface area contributed by atoms with Gasteiger partial charge in [0, 0.05) is 11.3 Å². The van der Waals surface area contributed by atoms with Gasteiger partial charge in [0.25, 0.3) is 0 Å². The van der Waals surface area contributed by atoms with E-state index >= 15 is 0 Å². The molecule has 2 N–H and O–H groups in total. The maximum atomic E-state index is 13.1. The van der Waals surface area contributed by atoms with Crippen molar-refractivity contribution in [3.05, 3.63) is 29.6 Å². The summed E-state index contributed by atoms with van der Waals surface area (Å²) in [5.41, 5.74) is 1.45. The standard InChI is InChI=1S/C12H13FN2O/c13-8-3-4-10-9(5-8)11(12(16)15-10)14-6-7-1-2-7/h3-5,7,11,14H,1-2,6H2,(H,15,16). The molecule has 0 radical (unpaired) electrons. The van der Waals surface area contributed by atoms with E-state index in [0.717, 1.165) is 17.8 Å². The Balaban J connectivity index is 1.82. The molecule has 1 aromatic rings. The second-order valence-corrected chi connectivity index (χ2v) is 4.51. The minimum absolute atomic E-state index is 0.0822. The number of hydrogen-bond donors (Lipinski definition) is 2. The molecule has 1 amide bonds. The van der Waals surface area contributed by atoms with E-state index in [9.17, 15) is 9.18 Å². The van der Waals surface area contributed by atoms with Gasteiger partial charge in [-0.2, -0.15) is 0 Å². The van der Waals surface area contributed by atoms with Crippen LogP contribution in [0.1, 0.15) is 24.4 Å². The van der Waals surface area contributed by atoms with Gasteiger partial charge in [-0.05, 0) is 43.5 Å². The number of anilines is 1. The number of hydrogen-bond acceptors (Lipinski definition) is 2. The van der Waals surface area contributed by atoms with Crippen LogP contribution in [0.5, 0.6) is 0 Å². The first-order valence-corrected chi connectivity index (χ1v) is 5.58. The molecule has 3 rings (SSSR count). The molecule has 1 aliphatic carbocycles. The highest BCUT2D eigenvalue weighted by atomic mass is 19.1. The van der Waals surface area contributed by atoms with Gasteiger partial charge in [-0.15, -0.1) is 0 Å². The number of benzene rings is 1. The molecular formula is C12H13FN2O. The molecule has 1 heterocycles. The van der Waals surface area contributed by atoms with Crippen molar-refractivity contribution in [3.63, 3.8) is 0 Å². The number of amides is 1. The number of rotatable bonds is 3. The van der Waals surface area contributed by atoms with Gasteiger partial charge < -0.3 is 10.6 Å². The van der Waals surface area contributed by atoms with Crippen LogP contribution >= 0.6 is 0 Å². The maximum absolute atomic E-state index is 13.1. The number of nitrogens with one attached hydrogen (secondary N) is 2. The summed E-state index contributed by atoms with van der Waals surface area (Å²) < 4.78 is 13.1. The van der Waals surface area contributed by atoms with Crippen LogP contribution in [-0.4, -0.2) is 12.5 Å². The summed E-state index contributed by atoms with van der Waals surface area (Å²) >= 11 is 0. The van der Waals surface area contributed by atoms with E-state index in [1.165, 1.54) is 25.0 Å². The highest BCUT2D eigenvalue weighted by Gasteiger charge is 2.32. The van der Waals surface area contributed by atoms with E-state index in [2.05, 4.69) is 10.6 Å². The van der Waals surface area contributed by atoms with Crippen LogP contribution in [-0.2, 0) is 4.79 Å². The van der Waals surface area contributed by atoms with Crippen LogP contribution in [0.25, 0.3) is 0 Å². The average Bonchev–Trinajstić information content (AvgIpc) is 3.01. The molecule has 1 aromatic carbocycles. The largest absolute Gasteiger partial charge is 0.324 e. The van der Waals surface area contributed by atoms with E-state index < -0.39 is 0 Å². The van der Waals surface area contributed by atoms with Crippen molar-refractivity contribution in [1.82, 2.24) is 5.32 Å². The summed E-state index contributed by atoms with van der Waals surface area (Å²) in [5.74, 6) is 0.320. The van der Waals surface area contributed by atoms with E-state index in [1.54, 1.807) is 6.07 Å². The van der Waals surface area contributed by atoms with E-state index in [-0.39, 0.29) is 17.8 Å². The molecule has 0 bridgehead atoms. The van der Waals surface area contributed by atoms with Gasteiger partial charge in [-0.1, -0.05) is 0 Å². The summed E-state index contributed by atoms with van der Waals surface area (Å²) in [5, 5.41) is 5.95. The molecule has 1 fully saturated rings. The molecule has 2 aliphatic rings. The monoisotopic (exact) mass is 220 g/mol. The Morgan fingerprint density at radius 3 is 3.00 bits per heavy atom. The second kappa shape index (κ2) is 3.56. The number of fused-ring (bicyclic) bond motifs is 1. The average molecular weight is 220 g/mol. The molecule has 1 unspecified atom stereocenters. The van der Waals surface area contributed by atoms with Crippen molar-refractivity contribution in [2.75, 3.05) is 11.9 Å². The molecule has 4 heteroatoms. The van der Waals surface area contributed by atoms with Crippen LogP contribution < -0.4 is 10.6 Å². The topological polar surface area (TPSA) is 41.1 Å². The third-order valence-corrected chi connectivity index (χ3v) is 3.15. The maximum Gasteiger partial charge on any atom is 0.246 e. The van der Waals surface area contributed by atoms with Gasteiger partial charge in [0.2, 0.25) is 5.91 Å². The smallest absolute Gasteiger partial charge is 0.246 e. The fraction of sp³-hybridized carbons (Fsp3) is 0.417. The van der Waals surface area contributed by atoms with Gasteiger partial charge in [0.05, 0.1) is 0 Å². The van der Waals surface area contributed by atoms with Gasteiger partial charge in [-0.25, -0.2) is 4.39 Å². The van der Waals surface area contributed by atoms with Crippen LogP contribution in [0.2, 0.25) is 0 Å². The summed E-state index contributed by atoms with van der Waals surface area (Å²) in [4.78, 5) is 11.7. The first-order valence-electron chi connectivity index (χ1n) is 5.58. The fourth-order valence-corrected chi connectivity index (χ4v) is 2.04. The van der Waals surface area contributed by atoms with Gasteiger partial charge in [0.1, 0.15) is 11.9 Å².